The fourth-order valence-corrected chi connectivity index (χ4v) is 2.67. The molecule has 1 aromatic carbocycles. The van der Waals surface area contributed by atoms with Gasteiger partial charge in [-0.1, -0.05) is 24.3 Å². The van der Waals surface area contributed by atoms with Crippen molar-refractivity contribution in [3.05, 3.63) is 59.9 Å². The van der Waals surface area contributed by atoms with Crippen LogP contribution in [0.2, 0.25) is 0 Å². The summed E-state index contributed by atoms with van der Waals surface area (Å²) in [6, 6.07) is 15.0. The van der Waals surface area contributed by atoms with E-state index in [9.17, 15) is 0 Å². The van der Waals surface area contributed by atoms with Crippen molar-refractivity contribution < 1.29 is 0 Å². The van der Waals surface area contributed by atoms with Crippen LogP contribution < -0.4 is 10.2 Å². The van der Waals surface area contributed by atoms with Crippen LogP contribution in [0.3, 0.4) is 0 Å². The number of nitrogens with zero attached hydrogens (tertiary/aromatic N) is 2. The van der Waals surface area contributed by atoms with E-state index < -0.39 is 0 Å². The van der Waals surface area contributed by atoms with E-state index in [1.807, 2.05) is 12.3 Å². The maximum atomic E-state index is 4.50. The quantitative estimate of drug-likeness (QED) is 0.914. The number of halogens is 2. The van der Waals surface area contributed by atoms with E-state index in [1.165, 1.54) is 11.3 Å². The fraction of sp³-hybridized carbons (Fsp3) is 0.312. The SMILES string of the molecule is CC(c1ccccn1)N1CCNCc2ccccc21.Cl.Cl. The predicted molar refractivity (Wildman–Crippen MR) is 92.6 cm³/mol. The first kappa shape index (κ1) is 17.8. The molecule has 114 valence electrons. The van der Waals surface area contributed by atoms with Crippen LogP contribution in [-0.2, 0) is 6.54 Å². The average Bonchev–Trinajstić information content (AvgIpc) is 2.70. The van der Waals surface area contributed by atoms with Crippen LogP contribution in [-0.4, -0.2) is 18.1 Å². The normalized spacial score (nSPS) is 15.0. The van der Waals surface area contributed by atoms with Crippen LogP contribution in [0.15, 0.2) is 48.7 Å². The molecule has 1 aliphatic heterocycles. The maximum absolute atomic E-state index is 4.50. The van der Waals surface area contributed by atoms with Crippen LogP contribution >= 0.6 is 24.8 Å². The average molecular weight is 326 g/mol. The largest absolute Gasteiger partial charge is 0.362 e. The Kier molecular flexibility index (Phi) is 6.96. The summed E-state index contributed by atoms with van der Waals surface area (Å²) in [6.45, 7) is 5.19. The second-order valence-electron chi connectivity index (χ2n) is 4.93. The first-order valence-electron chi connectivity index (χ1n) is 6.82. The fourth-order valence-electron chi connectivity index (χ4n) is 2.67. The maximum Gasteiger partial charge on any atom is 0.0686 e. The molecule has 0 amide bonds. The van der Waals surface area contributed by atoms with Crippen molar-refractivity contribution in [2.75, 3.05) is 18.0 Å². The topological polar surface area (TPSA) is 28.2 Å². The summed E-state index contributed by atoms with van der Waals surface area (Å²) in [5, 5.41) is 3.48. The summed E-state index contributed by atoms with van der Waals surface area (Å²) in [5.41, 5.74) is 3.81. The molecule has 1 atom stereocenters. The van der Waals surface area contributed by atoms with Crippen LogP contribution in [0, 0.1) is 0 Å². The molecule has 1 unspecified atom stereocenters. The monoisotopic (exact) mass is 325 g/mol. The Morgan fingerprint density at radius 2 is 1.86 bits per heavy atom. The number of hydrogen-bond acceptors (Lipinski definition) is 3. The molecule has 0 fully saturated rings. The number of anilines is 1. The lowest BCUT2D eigenvalue weighted by atomic mass is 10.1. The summed E-state index contributed by atoms with van der Waals surface area (Å²) in [4.78, 5) is 6.94. The van der Waals surface area contributed by atoms with Crippen molar-refractivity contribution in [3.63, 3.8) is 0 Å². The number of aromatic nitrogens is 1. The first-order valence-corrected chi connectivity index (χ1v) is 6.82. The minimum atomic E-state index is 0. The Morgan fingerprint density at radius 3 is 2.62 bits per heavy atom. The third-order valence-corrected chi connectivity index (χ3v) is 3.73. The number of para-hydroxylation sites is 1. The van der Waals surface area contributed by atoms with Gasteiger partial charge in [0, 0.05) is 31.5 Å². The summed E-state index contributed by atoms with van der Waals surface area (Å²) >= 11 is 0. The van der Waals surface area contributed by atoms with Gasteiger partial charge in [0.15, 0.2) is 0 Å². The molecule has 0 spiro atoms. The van der Waals surface area contributed by atoms with Gasteiger partial charge in [0.1, 0.15) is 0 Å². The molecular formula is C16H21Cl2N3. The summed E-state index contributed by atoms with van der Waals surface area (Å²) in [6.07, 6.45) is 1.87. The predicted octanol–water partition coefficient (Wildman–Crippen LogP) is 3.60. The van der Waals surface area contributed by atoms with Gasteiger partial charge in [-0.3, -0.25) is 4.98 Å². The standard InChI is InChI=1S/C16H19N3.2ClH/c1-13(15-7-4-5-9-18-15)19-11-10-17-12-14-6-2-3-8-16(14)19;;/h2-9,13,17H,10-12H2,1H3;2*1H. The van der Waals surface area contributed by atoms with Crippen molar-refractivity contribution in [2.24, 2.45) is 0 Å². The molecule has 1 aliphatic rings. The molecule has 5 heteroatoms. The van der Waals surface area contributed by atoms with Crippen LogP contribution in [0.25, 0.3) is 0 Å². The van der Waals surface area contributed by atoms with Gasteiger partial charge >= 0.3 is 0 Å². The van der Waals surface area contributed by atoms with Gasteiger partial charge < -0.3 is 10.2 Å². The highest BCUT2D eigenvalue weighted by Crippen LogP contribution is 2.29. The van der Waals surface area contributed by atoms with Crippen molar-refractivity contribution in [1.29, 1.82) is 0 Å². The van der Waals surface area contributed by atoms with E-state index >= 15 is 0 Å². The molecule has 0 aliphatic carbocycles. The van der Waals surface area contributed by atoms with Crippen molar-refractivity contribution >= 4 is 30.5 Å². The zero-order valence-corrected chi connectivity index (χ0v) is 13.7. The second kappa shape index (κ2) is 8.23. The lowest BCUT2D eigenvalue weighted by Crippen LogP contribution is -2.31. The number of hydrogen-bond donors (Lipinski definition) is 1. The molecule has 1 aromatic heterocycles. The van der Waals surface area contributed by atoms with Gasteiger partial charge in [-0.25, -0.2) is 0 Å². The van der Waals surface area contributed by atoms with E-state index in [0.29, 0.717) is 6.04 Å². The van der Waals surface area contributed by atoms with Crippen molar-refractivity contribution in [3.8, 4) is 0 Å². The lowest BCUT2D eigenvalue weighted by Gasteiger charge is -2.30. The van der Waals surface area contributed by atoms with Crippen molar-refractivity contribution in [1.82, 2.24) is 10.3 Å². The zero-order valence-electron chi connectivity index (χ0n) is 12.0. The minimum Gasteiger partial charge on any atom is -0.362 e. The molecule has 3 rings (SSSR count). The van der Waals surface area contributed by atoms with Gasteiger partial charge in [-0.05, 0) is 30.7 Å². The van der Waals surface area contributed by atoms with E-state index in [0.717, 1.165) is 25.3 Å². The minimum absolute atomic E-state index is 0. The zero-order chi connectivity index (χ0) is 13.1. The van der Waals surface area contributed by atoms with E-state index in [4.69, 9.17) is 0 Å². The highest BCUT2D eigenvalue weighted by molar-refractivity contribution is 5.85. The van der Waals surface area contributed by atoms with Crippen LogP contribution in [0.1, 0.15) is 24.2 Å². The highest BCUT2D eigenvalue weighted by atomic mass is 35.5. The molecule has 0 saturated carbocycles. The Balaban J connectivity index is 0.00000110. The highest BCUT2D eigenvalue weighted by Gasteiger charge is 2.21. The third-order valence-electron chi connectivity index (χ3n) is 3.73. The number of pyridine rings is 1. The Bertz CT molecular complexity index is 548. The summed E-state index contributed by atoms with van der Waals surface area (Å²) in [7, 11) is 0. The smallest absolute Gasteiger partial charge is 0.0686 e. The van der Waals surface area contributed by atoms with E-state index in [-0.39, 0.29) is 24.8 Å². The van der Waals surface area contributed by atoms with Gasteiger partial charge in [-0.15, -0.1) is 24.8 Å². The first-order chi connectivity index (χ1) is 9.36. The number of rotatable bonds is 2. The molecule has 1 N–H and O–H groups in total. The Hall–Kier alpha value is -1.29. The number of fused-ring (bicyclic) bond motifs is 1. The number of benzene rings is 1. The van der Waals surface area contributed by atoms with Crippen LogP contribution in [0.4, 0.5) is 5.69 Å². The van der Waals surface area contributed by atoms with Gasteiger partial charge in [0.05, 0.1) is 11.7 Å². The van der Waals surface area contributed by atoms with Gasteiger partial charge in [-0.2, -0.15) is 0 Å². The third kappa shape index (κ3) is 3.88. The number of nitrogens with one attached hydrogen (secondary N) is 1. The second-order valence-corrected chi connectivity index (χ2v) is 4.93. The van der Waals surface area contributed by atoms with Gasteiger partial charge in [0.25, 0.3) is 0 Å². The molecule has 2 aromatic rings. The van der Waals surface area contributed by atoms with E-state index in [2.05, 4.69) is 58.5 Å². The molecular weight excluding hydrogens is 305 g/mol. The molecule has 3 nitrogen and oxygen atoms in total. The Morgan fingerprint density at radius 1 is 1.10 bits per heavy atom. The van der Waals surface area contributed by atoms with E-state index in [1.54, 1.807) is 0 Å². The molecule has 0 bridgehead atoms. The molecule has 2 heterocycles. The molecule has 21 heavy (non-hydrogen) atoms. The van der Waals surface area contributed by atoms with Crippen molar-refractivity contribution in [2.45, 2.75) is 19.5 Å². The van der Waals surface area contributed by atoms with Crippen LogP contribution in [0.5, 0.6) is 0 Å². The molecule has 0 radical (unpaired) electrons. The summed E-state index contributed by atoms with van der Waals surface area (Å²) in [5.74, 6) is 0. The lowest BCUT2D eigenvalue weighted by molar-refractivity contribution is 0.628. The van der Waals surface area contributed by atoms with Gasteiger partial charge in [0.2, 0.25) is 0 Å². The summed E-state index contributed by atoms with van der Waals surface area (Å²) < 4.78 is 0. The molecule has 0 saturated heterocycles. The Labute approximate surface area is 138 Å².